The standard InChI is InChI=1S/C22H21BrN4OS2/c1-14-5-4-6-16(11-14)21-24-18(12-29-21)13-30-22-26-25-20(27(22)3)15(2)28-19-9-7-17(23)8-10-19/h4-12,15H,13H2,1-3H3. The predicted octanol–water partition coefficient (Wildman–Crippen LogP) is 6.44. The molecular weight excluding hydrogens is 480 g/mol. The number of benzene rings is 2. The largest absolute Gasteiger partial charge is 0.483 e. The van der Waals surface area contributed by atoms with Gasteiger partial charge in [0.2, 0.25) is 0 Å². The Morgan fingerprint density at radius 3 is 2.73 bits per heavy atom. The third-order valence-electron chi connectivity index (χ3n) is 4.52. The smallest absolute Gasteiger partial charge is 0.191 e. The van der Waals surface area contributed by atoms with Crippen molar-refractivity contribution in [3.05, 3.63) is 75.5 Å². The highest BCUT2D eigenvalue weighted by atomic mass is 79.9. The molecule has 2 aromatic carbocycles. The minimum atomic E-state index is -0.203. The zero-order chi connectivity index (χ0) is 21.1. The van der Waals surface area contributed by atoms with E-state index >= 15 is 0 Å². The van der Waals surface area contributed by atoms with Crippen LogP contribution in [0.1, 0.15) is 30.1 Å². The molecule has 0 bridgehead atoms. The van der Waals surface area contributed by atoms with E-state index in [4.69, 9.17) is 9.72 Å². The molecule has 0 aliphatic heterocycles. The van der Waals surface area contributed by atoms with Crippen molar-refractivity contribution in [2.24, 2.45) is 7.05 Å². The van der Waals surface area contributed by atoms with Gasteiger partial charge in [0.15, 0.2) is 17.1 Å². The maximum Gasteiger partial charge on any atom is 0.191 e. The zero-order valence-corrected chi connectivity index (χ0v) is 20.1. The number of hydrogen-bond donors (Lipinski definition) is 0. The van der Waals surface area contributed by atoms with Crippen LogP contribution >= 0.6 is 39.0 Å². The van der Waals surface area contributed by atoms with E-state index in [0.29, 0.717) is 0 Å². The lowest BCUT2D eigenvalue weighted by atomic mass is 10.1. The number of hydrogen-bond acceptors (Lipinski definition) is 6. The molecule has 5 nitrogen and oxygen atoms in total. The Bertz CT molecular complexity index is 1140. The number of thioether (sulfide) groups is 1. The maximum absolute atomic E-state index is 6.01. The highest BCUT2D eigenvalue weighted by Gasteiger charge is 2.18. The van der Waals surface area contributed by atoms with Gasteiger partial charge in [-0.05, 0) is 44.2 Å². The summed E-state index contributed by atoms with van der Waals surface area (Å²) in [6, 6.07) is 16.2. The number of ether oxygens (including phenoxy) is 1. The number of aryl methyl sites for hydroxylation is 1. The summed E-state index contributed by atoms with van der Waals surface area (Å²) in [4.78, 5) is 4.78. The van der Waals surface area contributed by atoms with Crippen LogP contribution in [0.25, 0.3) is 10.6 Å². The average molecular weight is 501 g/mol. The molecule has 30 heavy (non-hydrogen) atoms. The van der Waals surface area contributed by atoms with Gasteiger partial charge in [0.25, 0.3) is 0 Å². The molecule has 1 atom stereocenters. The first-order chi connectivity index (χ1) is 14.5. The minimum absolute atomic E-state index is 0.203. The van der Waals surface area contributed by atoms with Crippen molar-refractivity contribution in [3.8, 4) is 16.3 Å². The Balaban J connectivity index is 1.40. The van der Waals surface area contributed by atoms with E-state index in [1.54, 1.807) is 23.1 Å². The highest BCUT2D eigenvalue weighted by Crippen LogP contribution is 2.29. The summed E-state index contributed by atoms with van der Waals surface area (Å²) in [7, 11) is 1.97. The van der Waals surface area contributed by atoms with Gasteiger partial charge < -0.3 is 9.30 Å². The van der Waals surface area contributed by atoms with E-state index in [2.05, 4.69) is 62.7 Å². The van der Waals surface area contributed by atoms with Crippen molar-refractivity contribution in [2.75, 3.05) is 0 Å². The van der Waals surface area contributed by atoms with Gasteiger partial charge in [-0.3, -0.25) is 0 Å². The van der Waals surface area contributed by atoms with Crippen molar-refractivity contribution in [3.63, 3.8) is 0 Å². The Labute approximate surface area is 192 Å². The van der Waals surface area contributed by atoms with Gasteiger partial charge in [-0.15, -0.1) is 21.5 Å². The van der Waals surface area contributed by atoms with Gasteiger partial charge in [0.1, 0.15) is 10.8 Å². The summed E-state index contributed by atoms with van der Waals surface area (Å²) < 4.78 is 9.02. The molecule has 0 saturated carbocycles. The predicted molar refractivity (Wildman–Crippen MR) is 126 cm³/mol. The molecule has 2 heterocycles. The molecule has 0 amide bonds. The average Bonchev–Trinajstić information content (AvgIpc) is 3.35. The lowest BCUT2D eigenvalue weighted by Gasteiger charge is -2.14. The lowest BCUT2D eigenvalue weighted by molar-refractivity contribution is 0.211. The second-order valence-corrected chi connectivity index (χ2v) is 9.63. The van der Waals surface area contributed by atoms with Gasteiger partial charge >= 0.3 is 0 Å². The van der Waals surface area contributed by atoms with E-state index in [9.17, 15) is 0 Å². The van der Waals surface area contributed by atoms with E-state index in [1.807, 2.05) is 42.8 Å². The van der Waals surface area contributed by atoms with Crippen LogP contribution < -0.4 is 4.74 Å². The molecule has 0 aliphatic carbocycles. The van der Waals surface area contributed by atoms with Crippen molar-refractivity contribution in [1.29, 1.82) is 0 Å². The number of nitrogens with zero attached hydrogens (tertiary/aromatic N) is 4. The first-order valence-electron chi connectivity index (χ1n) is 9.45. The van der Waals surface area contributed by atoms with Crippen LogP contribution in [0.5, 0.6) is 5.75 Å². The first-order valence-corrected chi connectivity index (χ1v) is 12.1. The molecule has 0 fully saturated rings. The van der Waals surface area contributed by atoms with Crippen LogP contribution in [0.4, 0.5) is 0 Å². The number of rotatable bonds is 7. The zero-order valence-electron chi connectivity index (χ0n) is 16.9. The molecule has 2 aromatic heterocycles. The molecule has 0 saturated heterocycles. The summed E-state index contributed by atoms with van der Waals surface area (Å²) in [6.07, 6.45) is -0.203. The molecule has 154 valence electrons. The van der Waals surface area contributed by atoms with E-state index in [0.717, 1.165) is 43.2 Å². The second-order valence-electron chi connectivity index (χ2n) is 6.92. The van der Waals surface area contributed by atoms with E-state index in [1.165, 1.54) is 5.56 Å². The van der Waals surface area contributed by atoms with Crippen LogP contribution in [0.3, 0.4) is 0 Å². The van der Waals surface area contributed by atoms with Gasteiger partial charge in [0, 0.05) is 28.2 Å². The Morgan fingerprint density at radius 1 is 1.17 bits per heavy atom. The summed E-state index contributed by atoms with van der Waals surface area (Å²) in [5.74, 6) is 2.34. The number of aromatic nitrogens is 4. The maximum atomic E-state index is 6.01. The Kier molecular flexibility index (Phi) is 6.55. The fourth-order valence-electron chi connectivity index (χ4n) is 3.00. The second kappa shape index (κ2) is 9.32. The topological polar surface area (TPSA) is 52.8 Å². The number of thiazole rings is 1. The molecule has 8 heteroatoms. The Morgan fingerprint density at radius 2 is 1.97 bits per heavy atom. The normalized spacial score (nSPS) is 12.1. The molecular formula is C22H21BrN4OS2. The van der Waals surface area contributed by atoms with Crippen molar-refractivity contribution < 1.29 is 4.74 Å². The molecule has 0 spiro atoms. The molecule has 0 N–H and O–H groups in total. The third kappa shape index (κ3) is 4.94. The fraction of sp³-hybridized carbons (Fsp3) is 0.227. The van der Waals surface area contributed by atoms with Crippen molar-refractivity contribution >= 4 is 39.0 Å². The van der Waals surface area contributed by atoms with Gasteiger partial charge in [-0.2, -0.15) is 0 Å². The molecule has 4 rings (SSSR count). The molecule has 0 aliphatic rings. The quantitative estimate of drug-likeness (QED) is 0.273. The van der Waals surface area contributed by atoms with Crippen molar-refractivity contribution in [2.45, 2.75) is 30.9 Å². The van der Waals surface area contributed by atoms with Crippen LogP contribution in [-0.4, -0.2) is 19.7 Å². The molecule has 0 radical (unpaired) electrons. The summed E-state index contributed by atoms with van der Waals surface area (Å²) >= 11 is 6.74. The van der Waals surface area contributed by atoms with Gasteiger partial charge in [0.05, 0.1) is 5.69 Å². The van der Waals surface area contributed by atoms with Crippen LogP contribution in [-0.2, 0) is 12.8 Å². The molecule has 4 aromatic rings. The van der Waals surface area contributed by atoms with Gasteiger partial charge in [-0.1, -0.05) is 51.5 Å². The fourth-order valence-corrected chi connectivity index (χ4v) is 5.00. The summed E-state index contributed by atoms with van der Waals surface area (Å²) in [6.45, 7) is 4.08. The molecule has 1 unspecified atom stereocenters. The monoisotopic (exact) mass is 500 g/mol. The SMILES string of the molecule is Cc1cccc(-c2nc(CSc3nnc(C(C)Oc4ccc(Br)cc4)n3C)cs2)c1. The van der Waals surface area contributed by atoms with E-state index < -0.39 is 0 Å². The first kappa shape index (κ1) is 21.1. The minimum Gasteiger partial charge on any atom is -0.483 e. The summed E-state index contributed by atoms with van der Waals surface area (Å²) in [5, 5.41) is 12.7. The summed E-state index contributed by atoms with van der Waals surface area (Å²) in [5.41, 5.74) is 3.45. The third-order valence-corrected chi connectivity index (χ3v) is 7.05. The Hall–Kier alpha value is -2.16. The lowest BCUT2D eigenvalue weighted by Crippen LogP contribution is -2.10. The van der Waals surface area contributed by atoms with Crippen LogP contribution in [0.2, 0.25) is 0 Å². The van der Waals surface area contributed by atoms with Gasteiger partial charge in [-0.25, -0.2) is 4.98 Å². The highest BCUT2D eigenvalue weighted by molar-refractivity contribution is 9.10. The van der Waals surface area contributed by atoms with Crippen LogP contribution in [0, 0.1) is 6.92 Å². The van der Waals surface area contributed by atoms with Crippen LogP contribution in [0.15, 0.2) is 63.5 Å². The number of halogens is 1. The van der Waals surface area contributed by atoms with E-state index in [-0.39, 0.29) is 6.10 Å². The van der Waals surface area contributed by atoms with Crippen molar-refractivity contribution in [1.82, 2.24) is 19.7 Å².